The number of hydrogen-bond acceptors (Lipinski definition) is 6. The van der Waals surface area contributed by atoms with Gasteiger partial charge < -0.3 is 24.2 Å². The van der Waals surface area contributed by atoms with E-state index in [0.29, 0.717) is 43.0 Å². The van der Waals surface area contributed by atoms with E-state index in [4.69, 9.17) is 19.3 Å². The molecule has 1 N–H and O–H groups in total. The number of carboxylic acids is 1. The molecular weight excluding hydrogens is 486 g/mol. The second-order valence-electron chi connectivity index (χ2n) is 10.0. The van der Waals surface area contributed by atoms with Gasteiger partial charge in [0, 0.05) is 37.9 Å². The van der Waals surface area contributed by atoms with Gasteiger partial charge in [-0.3, -0.25) is 4.79 Å². The van der Waals surface area contributed by atoms with Crippen LogP contribution in [0.15, 0.2) is 66.7 Å². The van der Waals surface area contributed by atoms with E-state index in [2.05, 4.69) is 24.3 Å². The van der Waals surface area contributed by atoms with Crippen molar-refractivity contribution < 1.29 is 33.7 Å². The molecule has 1 saturated heterocycles. The summed E-state index contributed by atoms with van der Waals surface area (Å²) in [7, 11) is 0. The van der Waals surface area contributed by atoms with Gasteiger partial charge in [-0.05, 0) is 34.4 Å². The van der Waals surface area contributed by atoms with Crippen LogP contribution in [0.5, 0.6) is 11.5 Å². The summed E-state index contributed by atoms with van der Waals surface area (Å²) >= 11 is 0. The molecule has 1 aliphatic carbocycles. The van der Waals surface area contributed by atoms with Gasteiger partial charge in [-0.15, -0.1) is 0 Å². The lowest BCUT2D eigenvalue weighted by Crippen LogP contribution is -2.52. The van der Waals surface area contributed by atoms with Gasteiger partial charge in [0.25, 0.3) is 0 Å². The smallest absolute Gasteiger partial charge is 0.409 e. The van der Waals surface area contributed by atoms with Gasteiger partial charge in [0.15, 0.2) is 12.4 Å². The number of ether oxygens (including phenoxy) is 3. The van der Waals surface area contributed by atoms with Crippen molar-refractivity contribution in [3.05, 3.63) is 83.4 Å². The van der Waals surface area contributed by atoms with Crippen molar-refractivity contribution in [1.82, 2.24) is 4.90 Å². The van der Waals surface area contributed by atoms with Crippen molar-refractivity contribution >= 4 is 17.8 Å². The maximum atomic E-state index is 13.0. The van der Waals surface area contributed by atoms with Gasteiger partial charge in [-0.25, -0.2) is 9.59 Å². The predicted molar refractivity (Wildman–Crippen MR) is 138 cm³/mol. The molecule has 0 bridgehead atoms. The van der Waals surface area contributed by atoms with Crippen LogP contribution in [0.2, 0.25) is 0 Å². The number of amides is 1. The molecule has 8 heteroatoms. The van der Waals surface area contributed by atoms with Gasteiger partial charge >= 0.3 is 12.1 Å². The molecule has 8 nitrogen and oxygen atoms in total. The van der Waals surface area contributed by atoms with Gasteiger partial charge in [-0.1, -0.05) is 48.5 Å². The Morgan fingerprint density at radius 3 is 2.26 bits per heavy atom. The number of piperidine rings is 1. The van der Waals surface area contributed by atoms with Crippen LogP contribution in [0.25, 0.3) is 11.1 Å². The number of hydrogen-bond donors (Lipinski definition) is 1. The van der Waals surface area contributed by atoms with E-state index >= 15 is 0 Å². The Balaban J connectivity index is 1.09. The summed E-state index contributed by atoms with van der Waals surface area (Å²) in [5.74, 6) is -0.413. The fourth-order valence-electron chi connectivity index (χ4n) is 5.77. The lowest BCUT2D eigenvalue weighted by atomic mass is 9.82. The van der Waals surface area contributed by atoms with Crippen LogP contribution in [0.1, 0.15) is 46.7 Å². The number of likely N-dealkylation sites (tertiary alicyclic amines) is 1. The summed E-state index contributed by atoms with van der Waals surface area (Å²) in [4.78, 5) is 38.4. The summed E-state index contributed by atoms with van der Waals surface area (Å²) in [5.41, 5.74) is 4.43. The Kier molecular flexibility index (Phi) is 6.02. The molecule has 1 fully saturated rings. The first-order valence-electron chi connectivity index (χ1n) is 12.7. The molecule has 6 rings (SSSR count). The lowest BCUT2D eigenvalue weighted by Gasteiger charge is -2.43. The number of nitrogens with zero attached hydrogens (tertiary/aromatic N) is 1. The second kappa shape index (κ2) is 9.52. The zero-order chi connectivity index (χ0) is 26.3. The van der Waals surface area contributed by atoms with Crippen LogP contribution in [0.4, 0.5) is 4.79 Å². The number of fused-ring (bicyclic) bond motifs is 4. The highest BCUT2D eigenvalue weighted by molar-refractivity contribution is 6.00. The SMILES string of the molecule is O=C(O)COc1ccc2c(c1)OC1(CCN(C(=O)OCC3c4ccccc4-c4ccccc43)CC1)CC2=O. The van der Waals surface area contributed by atoms with Crippen LogP contribution in [0, 0.1) is 0 Å². The molecule has 3 aliphatic rings. The third kappa shape index (κ3) is 4.36. The summed E-state index contributed by atoms with van der Waals surface area (Å²) < 4.78 is 17.4. The van der Waals surface area contributed by atoms with E-state index in [1.165, 1.54) is 22.3 Å². The Hall–Kier alpha value is -4.33. The monoisotopic (exact) mass is 513 g/mol. The third-order valence-electron chi connectivity index (χ3n) is 7.69. The maximum absolute atomic E-state index is 13.0. The van der Waals surface area contributed by atoms with Crippen molar-refractivity contribution in [2.24, 2.45) is 0 Å². The molecule has 1 spiro atoms. The zero-order valence-corrected chi connectivity index (χ0v) is 20.7. The lowest BCUT2D eigenvalue weighted by molar-refractivity contribution is -0.139. The maximum Gasteiger partial charge on any atom is 0.409 e. The summed E-state index contributed by atoms with van der Waals surface area (Å²) in [5, 5.41) is 8.86. The van der Waals surface area contributed by atoms with Crippen molar-refractivity contribution in [3.63, 3.8) is 0 Å². The number of Topliss-reactive ketones (excluding diaryl/α,β-unsaturated/α-hetero) is 1. The number of carbonyl (C=O) groups excluding carboxylic acids is 2. The Labute approximate surface area is 219 Å². The number of aliphatic carboxylic acids is 1. The average Bonchev–Trinajstić information content (AvgIpc) is 3.24. The molecule has 3 aromatic rings. The fourth-order valence-corrected chi connectivity index (χ4v) is 5.77. The van der Waals surface area contributed by atoms with Gasteiger partial charge in [0.05, 0.1) is 12.0 Å². The van der Waals surface area contributed by atoms with Gasteiger partial charge in [0.1, 0.15) is 23.7 Å². The van der Waals surface area contributed by atoms with Crippen LogP contribution >= 0.6 is 0 Å². The van der Waals surface area contributed by atoms with Crippen molar-refractivity contribution in [2.45, 2.75) is 30.8 Å². The first kappa shape index (κ1) is 24.0. The molecule has 0 unspecified atom stereocenters. The molecule has 0 atom stereocenters. The molecular formula is C30H27NO7. The quantitative estimate of drug-likeness (QED) is 0.518. The van der Waals surface area contributed by atoms with Crippen molar-refractivity contribution in [2.75, 3.05) is 26.3 Å². The highest BCUT2D eigenvalue weighted by Gasteiger charge is 2.44. The zero-order valence-electron chi connectivity index (χ0n) is 20.7. The summed E-state index contributed by atoms with van der Waals surface area (Å²) in [6.07, 6.45) is 0.840. The fraction of sp³-hybridized carbons (Fsp3) is 0.300. The average molecular weight is 514 g/mol. The largest absolute Gasteiger partial charge is 0.486 e. The minimum atomic E-state index is -1.09. The normalized spacial score (nSPS) is 17.3. The minimum Gasteiger partial charge on any atom is -0.486 e. The van der Waals surface area contributed by atoms with Crippen molar-refractivity contribution in [3.8, 4) is 22.6 Å². The Bertz CT molecular complexity index is 1380. The molecule has 0 radical (unpaired) electrons. The molecule has 0 aromatic heterocycles. The molecule has 194 valence electrons. The molecule has 2 aliphatic heterocycles. The van der Waals surface area contributed by atoms with Crippen LogP contribution in [-0.4, -0.2) is 59.8 Å². The third-order valence-corrected chi connectivity index (χ3v) is 7.69. The molecule has 3 aromatic carbocycles. The Morgan fingerprint density at radius 2 is 1.61 bits per heavy atom. The summed E-state index contributed by atoms with van der Waals surface area (Å²) in [6, 6.07) is 21.2. The highest BCUT2D eigenvalue weighted by Crippen LogP contribution is 2.45. The molecule has 38 heavy (non-hydrogen) atoms. The molecule has 2 heterocycles. The van der Waals surface area contributed by atoms with E-state index in [0.717, 1.165) is 0 Å². The van der Waals surface area contributed by atoms with Gasteiger partial charge in [-0.2, -0.15) is 0 Å². The number of benzene rings is 3. The van der Waals surface area contributed by atoms with E-state index in [1.807, 2.05) is 24.3 Å². The van der Waals surface area contributed by atoms with E-state index in [-0.39, 0.29) is 30.8 Å². The highest BCUT2D eigenvalue weighted by atomic mass is 16.6. The number of ketones is 1. The summed E-state index contributed by atoms with van der Waals surface area (Å²) in [6.45, 7) is 0.603. The van der Waals surface area contributed by atoms with Crippen LogP contribution in [-0.2, 0) is 9.53 Å². The topological polar surface area (TPSA) is 102 Å². The standard InChI is InChI=1S/C30H27NO7/c32-26-16-30(38-27-15-19(9-10-24(26)27)36-18-28(33)34)11-13-31(14-12-30)29(35)37-17-25-22-7-3-1-5-20(22)21-6-2-4-8-23(21)25/h1-10,15,25H,11-14,16-18H2,(H,33,34). The Morgan fingerprint density at radius 1 is 0.947 bits per heavy atom. The van der Waals surface area contributed by atoms with E-state index in [9.17, 15) is 14.4 Å². The first-order valence-corrected chi connectivity index (χ1v) is 12.7. The number of rotatable bonds is 5. The van der Waals surface area contributed by atoms with E-state index in [1.54, 1.807) is 23.1 Å². The van der Waals surface area contributed by atoms with Crippen LogP contribution < -0.4 is 9.47 Å². The van der Waals surface area contributed by atoms with E-state index < -0.39 is 18.2 Å². The second-order valence-corrected chi connectivity index (χ2v) is 10.0. The van der Waals surface area contributed by atoms with Crippen LogP contribution in [0.3, 0.4) is 0 Å². The number of carboxylic acid groups (broad SMARTS) is 1. The predicted octanol–water partition coefficient (Wildman–Crippen LogP) is 4.90. The molecule has 0 saturated carbocycles. The van der Waals surface area contributed by atoms with Gasteiger partial charge in [0.2, 0.25) is 0 Å². The molecule has 1 amide bonds. The number of carbonyl (C=O) groups is 3. The van der Waals surface area contributed by atoms with Crippen molar-refractivity contribution in [1.29, 1.82) is 0 Å². The minimum absolute atomic E-state index is 0.00387. The first-order chi connectivity index (χ1) is 18.4.